The van der Waals surface area contributed by atoms with Crippen LogP contribution in [0.25, 0.3) is 0 Å². The summed E-state index contributed by atoms with van der Waals surface area (Å²) < 4.78 is 14.5. The van der Waals surface area contributed by atoms with E-state index in [1.54, 1.807) is 6.07 Å². The molecule has 0 heterocycles. The molecule has 0 saturated heterocycles. The largest absolute Gasteiger partial charge is 0.395 e. The van der Waals surface area contributed by atoms with E-state index in [4.69, 9.17) is 5.73 Å². The number of nitrogens with two attached hydrogens (primary N) is 1. The maximum absolute atomic E-state index is 13.4. The zero-order valence-corrected chi connectivity index (χ0v) is 12.3. The van der Waals surface area contributed by atoms with Crippen molar-refractivity contribution < 1.29 is 4.39 Å². The highest BCUT2D eigenvalue weighted by atomic mass is 79.9. The first-order valence-corrected chi connectivity index (χ1v) is 6.87. The Bertz CT molecular complexity index is 555. The van der Waals surface area contributed by atoms with Crippen molar-refractivity contribution in [3.8, 4) is 0 Å². The molecule has 2 nitrogen and oxygen atoms in total. The predicted octanol–water partition coefficient (Wildman–Crippen LogP) is 3.85. The lowest BCUT2D eigenvalue weighted by molar-refractivity contribution is 0.632. The number of anilines is 2. The molecule has 2 N–H and O–H groups in total. The van der Waals surface area contributed by atoms with Crippen LogP contribution in [-0.2, 0) is 6.42 Å². The Labute approximate surface area is 121 Å². The van der Waals surface area contributed by atoms with Crippen LogP contribution in [0.1, 0.15) is 5.56 Å². The van der Waals surface area contributed by atoms with Crippen LogP contribution < -0.4 is 10.6 Å². The van der Waals surface area contributed by atoms with Crippen molar-refractivity contribution in [2.24, 2.45) is 0 Å². The van der Waals surface area contributed by atoms with Gasteiger partial charge in [0.15, 0.2) is 0 Å². The third-order valence-electron chi connectivity index (χ3n) is 3.09. The molecular formula is C15H16BrFN2. The molecule has 4 heteroatoms. The van der Waals surface area contributed by atoms with E-state index in [2.05, 4.69) is 28.1 Å². The number of hydrogen-bond acceptors (Lipinski definition) is 2. The topological polar surface area (TPSA) is 29.3 Å². The van der Waals surface area contributed by atoms with Crippen molar-refractivity contribution in [1.29, 1.82) is 0 Å². The summed E-state index contributed by atoms with van der Waals surface area (Å²) in [7, 11) is 1.92. The molecule has 0 atom stereocenters. The number of nitrogens with zero attached hydrogens (tertiary/aromatic N) is 1. The second kappa shape index (κ2) is 6.06. The van der Waals surface area contributed by atoms with E-state index in [1.807, 2.05) is 30.1 Å². The van der Waals surface area contributed by atoms with Gasteiger partial charge in [-0.15, -0.1) is 0 Å². The summed E-state index contributed by atoms with van der Waals surface area (Å²) in [6.45, 7) is 0.787. The number of benzene rings is 2. The summed E-state index contributed by atoms with van der Waals surface area (Å²) in [6, 6.07) is 13.1. The average Bonchev–Trinajstić information content (AvgIpc) is 2.41. The summed E-state index contributed by atoms with van der Waals surface area (Å²) in [5, 5.41) is 0. The van der Waals surface area contributed by atoms with Crippen LogP contribution in [0, 0.1) is 5.82 Å². The Balaban J connectivity index is 2.03. The standard InChI is InChI=1S/C15H16BrFN2/c1-19(14-4-2-3-13(17)15(14)18)10-9-11-5-7-12(16)8-6-11/h2-8H,9-10,18H2,1H3. The molecule has 100 valence electrons. The van der Waals surface area contributed by atoms with Crippen molar-refractivity contribution in [3.63, 3.8) is 0 Å². The number of nitrogen functional groups attached to an aromatic ring is 1. The zero-order chi connectivity index (χ0) is 13.8. The monoisotopic (exact) mass is 322 g/mol. The summed E-state index contributed by atoms with van der Waals surface area (Å²) in [4.78, 5) is 1.97. The molecule has 0 spiro atoms. The van der Waals surface area contributed by atoms with E-state index >= 15 is 0 Å². The minimum Gasteiger partial charge on any atom is -0.395 e. The molecule has 0 unspecified atom stereocenters. The Morgan fingerprint density at radius 3 is 2.53 bits per heavy atom. The van der Waals surface area contributed by atoms with Crippen molar-refractivity contribution in [1.82, 2.24) is 0 Å². The van der Waals surface area contributed by atoms with Crippen LogP contribution in [0.3, 0.4) is 0 Å². The van der Waals surface area contributed by atoms with Gasteiger partial charge in [-0.25, -0.2) is 4.39 Å². The highest BCUT2D eigenvalue weighted by Gasteiger charge is 2.08. The van der Waals surface area contributed by atoms with E-state index in [0.29, 0.717) is 0 Å². The first kappa shape index (κ1) is 13.9. The first-order chi connectivity index (χ1) is 9.08. The molecule has 0 aliphatic heterocycles. The molecule has 19 heavy (non-hydrogen) atoms. The highest BCUT2D eigenvalue weighted by molar-refractivity contribution is 9.10. The normalized spacial score (nSPS) is 10.5. The van der Waals surface area contributed by atoms with Gasteiger partial charge in [-0.2, -0.15) is 0 Å². The lowest BCUT2D eigenvalue weighted by atomic mass is 10.1. The van der Waals surface area contributed by atoms with E-state index < -0.39 is 0 Å². The lowest BCUT2D eigenvalue weighted by Gasteiger charge is -2.21. The zero-order valence-electron chi connectivity index (χ0n) is 10.7. The molecule has 0 aliphatic carbocycles. The Morgan fingerprint density at radius 2 is 1.84 bits per heavy atom. The van der Waals surface area contributed by atoms with E-state index in [1.165, 1.54) is 11.6 Å². The molecule has 0 bridgehead atoms. The first-order valence-electron chi connectivity index (χ1n) is 6.07. The quantitative estimate of drug-likeness (QED) is 0.866. The van der Waals surface area contributed by atoms with Gasteiger partial charge in [-0.05, 0) is 36.2 Å². The number of halogens is 2. The van der Waals surface area contributed by atoms with Gasteiger partial charge in [0.05, 0.1) is 11.4 Å². The fraction of sp³-hybridized carbons (Fsp3) is 0.200. The number of para-hydroxylation sites is 1. The van der Waals surface area contributed by atoms with Gasteiger partial charge >= 0.3 is 0 Å². The van der Waals surface area contributed by atoms with E-state index in [-0.39, 0.29) is 11.5 Å². The van der Waals surface area contributed by atoms with E-state index in [9.17, 15) is 4.39 Å². The molecule has 0 saturated carbocycles. The molecule has 2 aromatic rings. The minimum absolute atomic E-state index is 0.209. The predicted molar refractivity (Wildman–Crippen MR) is 81.9 cm³/mol. The van der Waals surface area contributed by atoms with Crippen molar-refractivity contribution in [2.45, 2.75) is 6.42 Å². The van der Waals surface area contributed by atoms with Crippen molar-refractivity contribution in [3.05, 3.63) is 58.3 Å². The fourth-order valence-electron chi connectivity index (χ4n) is 1.93. The molecule has 0 radical (unpaired) electrons. The van der Waals surface area contributed by atoms with Gasteiger partial charge in [0.25, 0.3) is 0 Å². The lowest BCUT2D eigenvalue weighted by Crippen LogP contribution is -2.21. The Hall–Kier alpha value is -1.55. The third kappa shape index (κ3) is 3.47. The highest BCUT2D eigenvalue weighted by Crippen LogP contribution is 2.24. The fourth-order valence-corrected chi connectivity index (χ4v) is 2.19. The Kier molecular flexibility index (Phi) is 4.43. The van der Waals surface area contributed by atoms with Crippen LogP contribution in [0.5, 0.6) is 0 Å². The number of hydrogen-bond donors (Lipinski definition) is 1. The summed E-state index contributed by atoms with van der Waals surface area (Å²) in [5.74, 6) is -0.368. The SMILES string of the molecule is CN(CCc1ccc(Br)cc1)c1cccc(F)c1N. The maximum Gasteiger partial charge on any atom is 0.148 e. The van der Waals surface area contributed by atoms with Gasteiger partial charge in [0, 0.05) is 18.1 Å². The summed E-state index contributed by atoms with van der Waals surface area (Å²) in [5.41, 5.74) is 7.93. The van der Waals surface area contributed by atoms with Crippen molar-refractivity contribution in [2.75, 3.05) is 24.2 Å². The van der Waals surface area contributed by atoms with Gasteiger partial charge in [-0.3, -0.25) is 0 Å². The second-order valence-corrected chi connectivity index (χ2v) is 5.39. The average molecular weight is 323 g/mol. The summed E-state index contributed by atoms with van der Waals surface area (Å²) >= 11 is 3.41. The van der Waals surface area contributed by atoms with Crippen LogP contribution in [0.4, 0.5) is 15.8 Å². The number of likely N-dealkylation sites (N-methyl/N-ethyl adjacent to an activating group) is 1. The maximum atomic E-state index is 13.4. The molecule has 0 fully saturated rings. The van der Waals surface area contributed by atoms with Gasteiger partial charge < -0.3 is 10.6 Å². The van der Waals surface area contributed by atoms with Crippen LogP contribution >= 0.6 is 15.9 Å². The Morgan fingerprint density at radius 1 is 1.16 bits per heavy atom. The molecule has 2 aromatic carbocycles. The van der Waals surface area contributed by atoms with Gasteiger partial charge in [0.2, 0.25) is 0 Å². The van der Waals surface area contributed by atoms with Crippen LogP contribution in [-0.4, -0.2) is 13.6 Å². The second-order valence-electron chi connectivity index (χ2n) is 4.47. The van der Waals surface area contributed by atoms with Crippen LogP contribution in [0.2, 0.25) is 0 Å². The molecule has 2 rings (SSSR count). The molecule has 0 aliphatic rings. The van der Waals surface area contributed by atoms with Crippen LogP contribution in [0.15, 0.2) is 46.9 Å². The minimum atomic E-state index is -0.368. The molecule has 0 aromatic heterocycles. The number of rotatable bonds is 4. The van der Waals surface area contributed by atoms with Gasteiger partial charge in [0.1, 0.15) is 5.82 Å². The third-order valence-corrected chi connectivity index (χ3v) is 3.62. The molecule has 0 amide bonds. The molecular weight excluding hydrogens is 307 g/mol. The van der Waals surface area contributed by atoms with Crippen molar-refractivity contribution >= 4 is 27.3 Å². The van der Waals surface area contributed by atoms with Gasteiger partial charge in [-0.1, -0.05) is 34.1 Å². The summed E-state index contributed by atoms with van der Waals surface area (Å²) in [6.07, 6.45) is 0.889. The van der Waals surface area contributed by atoms with E-state index in [0.717, 1.165) is 23.1 Å². The smallest absolute Gasteiger partial charge is 0.148 e.